The van der Waals surface area contributed by atoms with Crippen molar-refractivity contribution in [2.24, 2.45) is 5.41 Å². The van der Waals surface area contributed by atoms with Gasteiger partial charge in [-0.2, -0.15) is 0 Å². The summed E-state index contributed by atoms with van der Waals surface area (Å²) >= 11 is 0. The molecule has 3 aliphatic carbocycles. The van der Waals surface area contributed by atoms with E-state index in [9.17, 15) is 5.11 Å². The second-order valence-electron chi connectivity index (χ2n) is 5.81. The number of rotatable bonds is 4. The van der Waals surface area contributed by atoms with Gasteiger partial charge in [0, 0.05) is 24.1 Å². The van der Waals surface area contributed by atoms with Crippen molar-refractivity contribution in [2.45, 2.75) is 69.7 Å². The molecule has 2 N–H and O–H groups in total. The summed E-state index contributed by atoms with van der Waals surface area (Å²) < 4.78 is 5.83. The predicted octanol–water partition coefficient (Wildman–Crippen LogP) is 1.45. The summed E-state index contributed by atoms with van der Waals surface area (Å²) in [6, 6.07) is 1.23. The third-order valence-electron chi connectivity index (χ3n) is 4.99. The van der Waals surface area contributed by atoms with E-state index in [0.29, 0.717) is 23.6 Å². The highest BCUT2D eigenvalue weighted by Gasteiger charge is 2.59. The van der Waals surface area contributed by atoms with Gasteiger partial charge in [0.05, 0.1) is 12.2 Å². The van der Waals surface area contributed by atoms with Gasteiger partial charge in [0.25, 0.3) is 0 Å². The van der Waals surface area contributed by atoms with E-state index in [2.05, 4.69) is 12.2 Å². The number of aliphatic hydroxyl groups excluding tert-OH is 1. The zero-order chi connectivity index (χ0) is 11.2. The van der Waals surface area contributed by atoms with Crippen molar-refractivity contribution in [3.05, 3.63) is 0 Å². The zero-order valence-electron chi connectivity index (χ0n) is 10.1. The molecule has 0 heterocycles. The van der Waals surface area contributed by atoms with Crippen LogP contribution in [0.5, 0.6) is 0 Å². The first kappa shape index (κ1) is 11.0. The largest absolute Gasteiger partial charge is 0.393 e. The van der Waals surface area contributed by atoms with E-state index in [1.165, 1.54) is 25.7 Å². The van der Waals surface area contributed by atoms with Crippen LogP contribution in [0.4, 0.5) is 0 Å². The molecule has 0 aromatic carbocycles. The molecule has 0 amide bonds. The van der Waals surface area contributed by atoms with Crippen molar-refractivity contribution in [3.63, 3.8) is 0 Å². The van der Waals surface area contributed by atoms with Crippen LogP contribution in [-0.2, 0) is 4.74 Å². The Balaban J connectivity index is 1.53. The van der Waals surface area contributed by atoms with Gasteiger partial charge in [-0.1, -0.05) is 6.42 Å². The Morgan fingerprint density at radius 2 is 2.06 bits per heavy atom. The summed E-state index contributed by atoms with van der Waals surface area (Å²) in [5.41, 5.74) is 0.469. The number of nitrogens with one attached hydrogen (secondary N) is 1. The maximum atomic E-state index is 9.29. The van der Waals surface area contributed by atoms with Gasteiger partial charge in [0.2, 0.25) is 0 Å². The Bertz CT molecular complexity index is 259. The Hall–Kier alpha value is -0.120. The van der Waals surface area contributed by atoms with Crippen LogP contribution in [0.3, 0.4) is 0 Å². The van der Waals surface area contributed by atoms with Crippen molar-refractivity contribution in [2.75, 3.05) is 6.61 Å². The molecule has 3 nitrogen and oxygen atoms in total. The van der Waals surface area contributed by atoms with Crippen LogP contribution in [0.15, 0.2) is 0 Å². The van der Waals surface area contributed by atoms with Crippen LogP contribution in [0, 0.1) is 5.41 Å². The van der Waals surface area contributed by atoms with E-state index in [1.54, 1.807) is 0 Å². The first-order valence-electron chi connectivity index (χ1n) is 6.80. The van der Waals surface area contributed by atoms with Gasteiger partial charge in [0.15, 0.2) is 0 Å². The fraction of sp³-hybridized carbons (Fsp3) is 1.00. The smallest absolute Gasteiger partial charge is 0.0661 e. The van der Waals surface area contributed by atoms with Crippen molar-refractivity contribution < 1.29 is 9.84 Å². The maximum Gasteiger partial charge on any atom is 0.0661 e. The molecule has 0 radical (unpaired) electrons. The third kappa shape index (κ3) is 1.52. The molecule has 92 valence electrons. The van der Waals surface area contributed by atoms with Crippen LogP contribution in [0.1, 0.15) is 45.4 Å². The first-order valence-corrected chi connectivity index (χ1v) is 6.80. The highest BCUT2D eigenvalue weighted by Crippen LogP contribution is 2.57. The van der Waals surface area contributed by atoms with Crippen molar-refractivity contribution >= 4 is 0 Å². The molecule has 3 fully saturated rings. The van der Waals surface area contributed by atoms with Gasteiger partial charge in [-0.15, -0.1) is 0 Å². The van der Waals surface area contributed by atoms with Gasteiger partial charge in [-0.05, 0) is 39.0 Å². The van der Waals surface area contributed by atoms with Crippen LogP contribution < -0.4 is 5.32 Å². The standard InChI is InChI=1S/C13H23NO2/c1-2-16-12-8-11(13(12)4-3-5-13)14-9-6-10(15)7-9/h9-12,14-15H,2-8H2,1H3. The number of hydrogen-bond donors (Lipinski definition) is 2. The molecule has 3 aliphatic rings. The lowest BCUT2D eigenvalue weighted by molar-refractivity contribution is -0.177. The second kappa shape index (κ2) is 3.97. The SMILES string of the molecule is CCOC1CC(NC2CC(O)C2)C12CCC2. The molecule has 2 atom stereocenters. The lowest BCUT2D eigenvalue weighted by atomic mass is 9.50. The van der Waals surface area contributed by atoms with E-state index < -0.39 is 0 Å². The molecule has 0 aromatic heterocycles. The minimum absolute atomic E-state index is 0.0439. The number of hydrogen-bond acceptors (Lipinski definition) is 3. The molecule has 0 saturated heterocycles. The molecule has 0 aliphatic heterocycles. The van der Waals surface area contributed by atoms with Gasteiger partial charge < -0.3 is 15.2 Å². The normalized spacial score (nSPS) is 44.6. The molecule has 3 saturated carbocycles. The summed E-state index contributed by atoms with van der Waals surface area (Å²) in [6.45, 7) is 2.94. The summed E-state index contributed by atoms with van der Waals surface area (Å²) in [4.78, 5) is 0. The highest BCUT2D eigenvalue weighted by atomic mass is 16.5. The molecule has 1 spiro atoms. The van der Waals surface area contributed by atoms with E-state index in [-0.39, 0.29) is 6.10 Å². The van der Waals surface area contributed by atoms with Crippen LogP contribution >= 0.6 is 0 Å². The predicted molar refractivity (Wildman–Crippen MR) is 62.3 cm³/mol. The van der Waals surface area contributed by atoms with Crippen molar-refractivity contribution in [1.82, 2.24) is 5.32 Å². The molecule has 3 rings (SSSR count). The minimum Gasteiger partial charge on any atom is -0.393 e. The minimum atomic E-state index is -0.0439. The van der Waals surface area contributed by atoms with Crippen LogP contribution in [-0.4, -0.2) is 36.0 Å². The highest BCUT2D eigenvalue weighted by molar-refractivity contribution is 5.13. The van der Waals surface area contributed by atoms with Crippen LogP contribution in [0.25, 0.3) is 0 Å². The molecule has 0 aromatic rings. The Morgan fingerprint density at radius 1 is 1.31 bits per heavy atom. The Kier molecular flexibility index (Phi) is 2.73. The van der Waals surface area contributed by atoms with Crippen LogP contribution in [0.2, 0.25) is 0 Å². The zero-order valence-corrected chi connectivity index (χ0v) is 10.1. The summed E-state index contributed by atoms with van der Waals surface area (Å²) in [5.74, 6) is 0. The second-order valence-corrected chi connectivity index (χ2v) is 5.81. The van der Waals surface area contributed by atoms with Gasteiger partial charge in [-0.3, -0.25) is 0 Å². The molecule has 2 unspecified atom stereocenters. The van der Waals surface area contributed by atoms with Gasteiger partial charge in [-0.25, -0.2) is 0 Å². The fourth-order valence-electron chi connectivity index (χ4n) is 3.68. The maximum absolute atomic E-state index is 9.29. The fourth-order valence-corrected chi connectivity index (χ4v) is 3.68. The van der Waals surface area contributed by atoms with Crippen molar-refractivity contribution in [3.8, 4) is 0 Å². The molecule has 3 heteroatoms. The quantitative estimate of drug-likeness (QED) is 0.761. The average molecular weight is 225 g/mol. The number of aliphatic hydroxyl groups is 1. The molecular formula is C13H23NO2. The number of ether oxygens (including phenoxy) is 1. The molecule has 0 bridgehead atoms. The van der Waals surface area contributed by atoms with E-state index in [1.807, 2.05) is 0 Å². The van der Waals surface area contributed by atoms with E-state index >= 15 is 0 Å². The summed E-state index contributed by atoms with van der Waals surface area (Å²) in [6.07, 6.45) is 7.59. The summed E-state index contributed by atoms with van der Waals surface area (Å²) in [7, 11) is 0. The lowest BCUT2D eigenvalue weighted by Crippen LogP contribution is -2.69. The summed E-state index contributed by atoms with van der Waals surface area (Å²) in [5, 5.41) is 13.0. The van der Waals surface area contributed by atoms with Gasteiger partial charge >= 0.3 is 0 Å². The van der Waals surface area contributed by atoms with E-state index in [0.717, 1.165) is 19.4 Å². The average Bonchev–Trinajstić information content (AvgIpc) is 2.10. The van der Waals surface area contributed by atoms with Gasteiger partial charge in [0.1, 0.15) is 0 Å². The first-order chi connectivity index (χ1) is 7.74. The van der Waals surface area contributed by atoms with Crippen molar-refractivity contribution in [1.29, 1.82) is 0 Å². The lowest BCUT2D eigenvalue weighted by Gasteiger charge is -2.62. The molecule has 16 heavy (non-hydrogen) atoms. The Morgan fingerprint density at radius 3 is 2.56 bits per heavy atom. The van der Waals surface area contributed by atoms with E-state index in [4.69, 9.17) is 4.74 Å². The Labute approximate surface area is 97.6 Å². The third-order valence-corrected chi connectivity index (χ3v) is 4.99. The molecular weight excluding hydrogens is 202 g/mol. The topological polar surface area (TPSA) is 41.5 Å². The monoisotopic (exact) mass is 225 g/mol.